The molecule has 0 aliphatic carbocycles. The predicted octanol–water partition coefficient (Wildman–Crippen LogP) is 5.35. The van der Waals surface area contributed by atoms with Crippen LogP contribution in [0.15, 0.2) is 66.7 Å². The van der Waals surface area contributed by atoms with Gasteiger partial charge in [0.15, 0.2) is 11.5 Å². The Morgan fingerprint density at radius 3 is 2.34 bits per heavy atom. The quantitative estimate of drug-likeness (QED) is 0.570. The van der Waals surface area contributed by atoms with Crippen LogP contribution in [0.4, 0.5) is 10.1 Å². The molecule has 1 heterocycles. The van der Waals surface area contributed by atoms with Gasteiger partial charge in [-0.2, -0.15) is 0 Å². The number of methoxy groups -OCH3 is 1. The molecule has 0 saturated carbocycles. The summed E-state index contributed by atoms with van der Waals surface area (Å²) in [7, 11) is 1.56. The van der Waals surface area contributed by atoms with E-state index in [0.717, 1.165) is 49.4 Å². The van der Waals surface area contributed by atoms with E-state index >= 15 is 0 Å². The molecular weight excluding hydrogens is 403 g/mol. The molecule has 1 aliphatic heterocycles. The van der Waals surface area contributed by atoms with Crippen molar-refractivity contribution in [1.82, 2.24) is 4.90 Å². The Hall–Kier alpha value is -3.31. The molecule has 5 heteroatoms. The number of aromatic hydroxyl groups is 1. The van der Waals surface area contributed by atoms with Gasteiger partial charge in [0.25, 0.3) is 0 Å². The normalized spacial score (nSPS) is 14.8. The van der Waals surface area contributed by atoms with E-state index in [9.17, 15) is 9.50 Å². The van der Waals surface area contributed by atoms with Crippen molar-refractivity contribution in [1.29, 1.82) is 0 Å². The fourth-order valence-electron chi connectivity index (χ4n) is 4.14. The number of hydrogen-bond donors (Lipinski definition) is 1. The lowest BCUT2D eigenvalue weighted by atomic mass is 10.0. The number of phenols is 1. The third-order valence-electron chi connectivity index (χ3n) is 5.97. The zero-order valence-corrected chi connectivity index (χ0v) is 18.6. The number of benzene rings is 3. The first kappa shape index (κ1) is 21.9. The van der Waals surface area contributed by atoms with Crippen molar-refractivity contribution >= 4 is 11.8 Å². The van der Waals surface area contributed by atoms with Crippen molar-refractivity contribution < 1.29 is 14.2 Å². The van der Waals surface area contributed by atoms with Crippen LogP contribution >= 0.6 is 0 Å². The number of nitrogens with zero attached hydrogens (tertiary/aromatic N) is 2. The van der Waals surface area contributed by atoms with Gasteiger partial charge in [-0.15, -0.1) is 0 Å². The van der Waals surface area contributed by atoms with Gasteiger partial charge in [0.05, 0.1) is 7.11 Å². The molecule has 1 saturated heterocycles. The highest BCUT2D eigenvalue weighted by Gasteiger charge is 2.18. The fraction of sp³-hybridized carbons (Fsp3) is 0.259. The average molecular weight is 433 g/mol. The first-order valence-electron chi connectivity index (χ1n) is 10.9. The second kappa shape index (κ2) is 9.88. The number of anilines is 1. The van der Waals surface area contributed by atoms with Crippen LogP contribution < -0.4 is 9.64 Å². The van der Waals surface area contributed by atoms with Gasteiger partial charge in [0.1, 0.15) is 5.82 Å². The third-order valence-corrected chi connectivity index (χ3v) is 5.97. The van der Waals surface area contributed by atoms with E-state index < -0.39 is 0 Å². The summed E-state index contributed by atoms with van der Waals surface area (Å²) in [5, 5.41) is 9.71. The van der Waals surface area contributed by atoms with Gasteiger partial charge >= 0.3 is 0 Å². The predicted molar refractivity (Wildman–Crippen MR) is 129 cm³/mol. The molecule has 0 atom stereocenters. The van der Waals surface area contributed by atoms with E-state index in [4.69, 9.17) is 4.74 Å². The lowest BCUT2D eigenvalue weighted by Crippen LogP contribution is -2.46. The molecule has 0 spiro atoms. The summed E-state index contributed by atoms with van der Waals surface area (Å²) in [6.45, 7) is 7.00. The number of piperazine rings is 1. The number of hydrogen-bond acceptors (Lipinski definition) is 4. The van der Waals surface area contributed by atoms with Crippen LogP contribution in [-0.2, 0) is 0 Å². The smallest absolute Gasteiger partial charge is 0.161 e. The molecule has 0 bridgehead atoms. The summed E-state index contributed by atoms with van der Waals surface area (Å²) in [6.07, 6.45) is 4.22. The molecule has 4 nitrogen and oxygen atoms in total. The molecule has 3 aromatic rings. The van der Waals surface area contributed by atoms with Crippen LogP contribution in [-0.4, -0.2) is 49.8 Å². The largest absolute Gasteiger partial charge is 0.504 e. The van der Waals surface area contributed by atoms with E-state index in [-0.39, 0.29) is 11.6 Å². The van der Waals surface area contributed by atoms with Crippen molar-refractivity contribution in [3.63, 3.8) is 0 Å². The van der Waals surface area contributed by atoms with E-state index in [1.54, 1.807) is 13.2 Å². The maximum Gasteiger partial charge on any atom is 0.161 e. The lowest BCUT2D eigenvalue weighted by Gasteiger charge is -2.36. The zero-order chi connectivity index (χ0) is 22.5. The number of aryl methyl sites for hydroxylation is 1. The second-order valence-corrected chi connectivity index (χ2v) is 8.13. The van der Waals surface area contributed by atoms with Gasteiger partial charge in [0.2, 0.25) is 0 Å². The fourth-order valence-corrected chi connectivity index (χ4v) is 4.14. The Bertz CT molecular complexity index is 1090. The maximum atomic E-state index is 13.2. The van der Waals surface area contributed by atoms with Crippen molar-refractivity contribution in [2.45, 2.75) is 6.92 Å². The Morgan fingerprint density at radius 1 is 0.938 bits per heavy atom. The topological polar surface area (TPSA) is 35.9 Å². The van der Waals surface area contributed by atoms with Crippen LogP contribution in [0.25, 0.3) is 17.2 Å². The van der Waals surface area contributed by atoms with Crippen molar-refractivity contribution in [2.24, 2.45) is 0 Å². The molecule has 0 amide bonds. The zero-order valence-electron chi connectivity index (χ0n) is 18.6. The number of phenolic OH excluding ortho intramolecular Hbond substituents is 1. The Labute approximate surface area is 189 Å². The van der Waals surface area contributed by atoms with E-state index in [0.29, 0.717) is 5.75 Å². The molecule has 0 aromatic heterocycles. The molecule has 4 rings (SSSR count). The summed E-state index contributed by atoms with van der Waals surface area (Å²) < 4.78 is 18.4. The molecule has 166 valence electrons. The van der Waals surface area contributed by atoms with Gasteiger partial charge in [-0.25, -0.2) is 4.39 Å². The minimum atomic E-state index is -0.211. The van der Waals surface area contributed by atoms with Gasteiger partial charge in [-0.1, -0.05) is 36.4 Å². The van der Waals surface area contributed by atoms with Crippen molar-refractivity contribution in [2.75, 3.05) is 44.7 Å². The molecule has 1 fully saturated rings. The average Bonchev–Trinajstić information content (AvgIpc) is 2.81. The molecule has 32 heavy (non-hydrogen) atoms. The van der Waals surface area contributed by atoms with Crippen LogP contribution in [0.1, 0.15) is 11.1 Å². The highest BCUT2D eigenvalue weighted by atomic mass is 19.1. The monoisotopic (exact) mass is 432 g/mol. The summed E-state index contributed by atoms with van der Waals surface area (Å²) in [5.41, 5.74) is 5.66. The van der Waals surface area contributed by atoms with Crippen molar-refractivity contribution in [3.05, 3.63) is 83.7 Å². The number of rotatable bonds is 6. The van der Waals surface area contributed by atoms with E-state index in [1.165, 1.54) is 23.4 Å². The standard InChI is InChI=1S/C27H29FN2O2/c1-20-18-23(22-6-9-24(28)10-7-22)8-11-25(20)30-16-14-29(15-17-30)13-3-4-21-5-12-26(31)27(19-21)32-2/h3-12,18-19,31H,13-17H2,1-2H3. The van der Waals surface area contributed by atoms with Gasteiger partial charge in [0, 0.05) is 38.4 Å². The summed E-state index contributed by atoms with van der Waals surface area (Å²) in [6, 6.07) is 18.5. The first-order valence-corrected chi connectivity index (χ1v) is 10.9. The van der Waals surface area contributed by atoms with Gasteiger partial charge < -0.3 is 14.7 Å². The second-order valence-electron chi connectivity index (χ2n) is 8.13. The number of halogens is 1. The molecule has 1 aliphatic rings. The Kier molecular flexibility index (Phi) is 6.76. The maximum absolute atomic E-state index is 13.2. The highest BCUT2D eigenvalue weighted by Crippen LogP contribution is 2.29. The Morgan fingerprint density at radius 2 is 1.66 bits per heavy atom. The minimum absolute atomic E-state index is 0.154. The first-order chi connectivity index (χ1) is 15.5. The van der Waals surface area contributed by atoms with Crippen LogP contribution in [0.3, 0.4) is 0 Å². The molecule has 3 aromatic carbocycles. The summed E-state index contributed by atoms with van der Waals surface area (Å²) >= 11 is 0. The van der Waals surface area contributed by atoms with Gasteiger partial charge in [-0.3, -0.25) is 4.90 Å². The van der Waals surface area contributed by atoms with E-state index in [1.807, 2.05) is 24.3 Å². The molecule has 0 radical (unpaired) electrons. The summed E-state index contributed by atoms with van der Waals surface area (Å²) in [5.74, 6) is 0.431. The molecule has 1 N–H and O–H groups in total. The lowest BCUT2D eigenvalue weighted by molar-refractivity contribution is 0.284. The number of ether oxygens (including phenoxy) is 1. The van der Waals surface area contributed by atoms with Crippen LogP contribution in [0.2, 0.25) is 0 Å². The Balaban J connectivity index is 1.33. The van der Waals surface area contributed by atoms with Crippen LogP contribution in [0, 0.1) is 12.7 Å². The summed E-state index contributed by atoms with van der Waals surface area (Å²) in [4.78, 5) is 4.88. The molecular formula is C27H29FN2O2. The van der Waals surface area contributed by atoms with Crippen LogP contribution in [0.5, 0.6) is 11.5 Å². The molecule has 0 unspecified atom stereocenters. The minimum Gasteiger partial charge on any atom is -0.504 e. The highest BCUT2D eigenvalue weighted by molar-refractivity contribution is 5.69. The SMILES string of the molecule is COc1cc(C=CCN2CCN(c3ccc(-c4ccc(F)cc4)cc3C)CC2)ccc1O. The van der Waals surface area contributed by atoms with Crippen molar-refractivity contribution in [3.8, 4) is 22.6 Å². The van der Waals surface area contributed by atoms with Gasteiger partial charge in [-0.05, 0) is 65.6 Å². The third kappa shape index (κ3) is 5.11. The van der Waals surface area contributed by atoms with E-state index in [2.05, 4.69) is 47.1 Å².